The van der Waals surface area contributed by atoms with E-state index >= 15 is 0 Å². The molecule has 0 spiro atoms. The van der Waals surface area contributed by atoms with E-state index in [1.54, 1.807) is 30.3 Å². The highest BCUT2D eigenvalue weighted by Crippen LogP contribution is 2.39. The molecule has 176 valence electrons. The average Bonchev–Trinajstić information content (AvgIpc) is 3.44. The monoisotopic (exact) mass is 508 g/mol. The number of halogens is 5. The summed E-state index contributed by atoms with van der Waals surface area (Å²) in [4.78, 5) is 0. The predicted molar refractivity (Wildman–Crippen MR) is 123 cm³/mol. The van der Waals surface area contributed by atoms with Crippen LogP contribution in [0.4, 0.5) is 18.9 Å². The van der Waals surface area contributed by atoms with Crippen LogP contribution in [0.5, 0.6) is 17.2 Å². The van der Waals surface area contributed by atoms with Gasteiger partial charge in [0.05, 0.1) is 21.4 Å². The third-order valence-corrected chi connectivity index (χ3v) is 5.99. The van der Waals surface area contributed by atoms with Crippen molar-refractivity contribution in [2.45, 2.75) is 12.2 Å². The van der Waals surface area contributed by atoms with E-state index in [9.17, 15) is 13.2 Å². The highest BCUT2D eigenvalue weighted by molar-refractivity contribution is 6.39. The fourth-order valence-corrected chi connectivity index (χ4v) is 4.26. The van der Waals surface area contributed by atoms with Gasteiger partial charge < -0.3 is 14.2 Å². The van der Waals surface area contributed by atoms with Crippen LogP contribution in [0.15, 0.2) is 72.4 Å². The largest absolute Gasteiger partial charge is 0.487 e. The van der Waals surface area contributed by atoms with Gasteiger partial charge in [-0.1, -0.05) is 47.5 Å². The fourth-order valence-electron chi connectivity index (χ4n) is 3.69. The van der Waals surface area contributed by atoms with Crippen molar-refractivity contribution >= 4 is 28.9 Å². The first-order valence-corrected chi connectivity index (χ1v) is 11.0. The van der Waals surface area contributed by atoms with E-state index in [2.05, 4.69) is 5.43 Å². The van der Waals surface area contributed by atoms with Crippen LogP contribution in [0, 0.1) is 0 Å². The minimum absolute atomic E-state index is 0.134. The van der Waals surface area contributed by atoms with E-state index in [1.807, 2.05) is 30.3 Å². The molecule has 0 saturated carbocycles. The smallest absolute Gasteiger partial charge is 0.409 e. The van der Waals surface area contributed by atoms with Crippen molar-refractivity contribution in [2.75, 3.05) is 18.4 Å². The molecule has 10 heteroatoms. The first kappa shape index (κ1) is 22.7. The molecule has 3 aromatic rings. The Morgan fingerprint density at radius 3 is 2.32 bits per heavy atom. The van der Waals surface area contributed by atoms with Crippen LogP contribution >= 0.6 is 23.2 Å². The number of hydrazine groups is 1. The number of nitrogens with one attached hydrogen (secondary N) is 1. The maximum atomic E-state index is 13.4. The molecule has 0 amide bonds. The van der Waals surface area contributed by atoms with Crippen molar-refractivity contribution in [1.29, 1.82) is 0 Å². The normalized spacial score (nSPS) is 17.1. The molecule has 0 fully saturated rings. The van der Waals surface area contributed by atoms with Crippen LogP contribution in [-0.4, -0.2) is 25.6 Å². The molecule has 0 saturated heterocycles. The van der Waals surface area contributed by atoms with Gasteiger partial charge in [-0.05, 0) is 53.6 Å². The van der Waals surface area contributed by atoms with Gasteiger partial charge in [0.2, 0.25) is 6.79 Å². The molecule has 5 nitrogen and oxygen atoms in total. The number of hydrogen-bond donors (Lipinski definition) is 1. The molecule has 0 bridgehead atoms. The lowest BCUT2D eigenvalue weighted by Crippen LogP contribution is -2.45. The maximum Gasteiger partial charge on any atom is 0.409 e. The van der Waals surface area contributed by atoms with Gasteiger partial charge in [0.25, 0.3) is 0 Å². The van der Waals surface area contributed by atoms with Gasteiger partial charge in [-0.15, -0.1) is 0 Å². The number of nitrogens with zero attached hydrogens (tertiary/aromatic N) is 1. The summed E-state index contributed by atoms with van der Waals surface area (Å²) >= 11 is 12.5. The predicted octanol–water partition coefficient (Wildman–Crippen LogP) is 6.61. The molecule has 0 radical (unpaired) electrons. The zero-order valence-corrected chi connectivity index (χ0v) is 18.9. The second-order valence-corrected chi connectivity index (χ2v) is 8.41. The molecule has 0 aromatic heterocycles. The summed E-state index contributed by atoms with van der Waals surface area (Å²) in [5.74, 6) is 1.87. The number of rotatable bonds is 5. The Balaban J connectivity index is 1.34. The standard InChI is InChI=1S/C24H17Cl2F3N2O3/c25-18-2-1-3-19(26)23(18)31-16(11-22(30-31)24(27,28)29)12-32-17-7-4-14(5-8-17)15-6-9-20-21(10-15)34-13-33-20/h1-11,22,30H,12-13H2. The lowest BCUT2D eigenvalue weighted by molar-refractivity contribution is -0.142. The minimum atomic E-state index is -4.50. The summed E-state index contributed by atoms with van der Waals surface area (Å²) in [6, 6.07) is 15.7. The quantitative estimate of drug-likeness (QED) is 0.420. The first-order valence-electron chi connectivity index (χ1n) is 10.2. The number of anilines is 1. The Hall–Kier alpha value is -3.07. The highest BCUT2D eigenvalue weighted by atomic mass is 35.5. The highest BCUT2D eigenvalue weighted by Gasteiger charge is 2.44. The van der Waals surface area contributed by atoms with Gasteiger partial charge in [0.15, 0.2) is 11.5 Å². The number of ether oxygens (including phenoxy) is 3. The van der Waals surface area contributed by atoms with Crippen molar-refractivity contribution < 1.29 is 27.4 Å². The number of benzene rings is 3. The molecule has 1 unspecified atom stereocenters. The molecular formula is C24H17Cl2F3N2O3. The Morgan fingerprint density at radius 1 is 0.941 bits per heavy atom. The lowest BCUT2D eigenvalue weighted by atomic mass is 10.1. The van der Waals surface area contributed by atoms with Gasteiger partial charge in [-0.3, -0.25) is 5.01 Å². The maximum absolute atomic E-state index is 13.4. The fraction of sp³-hybridized carbons (Fsp3) is 0.167. The topological polar surface area (TPSA) is 43.0 Å². The molecule has 2 heterocycles. The summed E-state index contributed by atoms with van der Waals surface area (Å²) in [5.41, 5.74) is 4.73. The number of fused-ring (bicyclic) bond motifs is 1. The van der Waals surface area contributed by atoms with Crippen LogP contribution in [0.1, 0.15) is 0 Å². The molecular weight excluding hydrogens is 492 g/mol. The SMILES string of the molecule is FC(F)(F)C1C=C(COc2ccc(-c3ccc4c(c3)OCO4)cc2)N(c2c(Cl)cccc2Cl)N1. The van der Waals surface area contributed by atoms with Crippen molar-refractivity contribution in [3.63, 3.8) is 0 Å². The molecule has 2 aliphatic heterocycles. The summed E-state index contributed by atoms with van der Waals surface area (Å²) in [6.45, 7) is 0.0619. The van der Waals surface area contributed by atoms with E-state index in [0.29, 0.717) is 17.2 Å². The second kappa shape index (κ2) is 8.94. The van der Waals surface area contributed by atoms with E-state index in [1.165, 1.54) is 5.01 Å². The number of hydrogen-bond acceptors (Lipinski definition) is 5. The van der Waals surface area contributed by atoms with Crippen molar-refractivity contribution in [3.8, 4) is 28.4 Å². The molecule has 1 N–H and O–H groups in total. The van der Waals surface area contributed by atoms with Crippen LogP contribution in [0.2, 0.25) is 10.0 Å². The second-order valence-electron chi connectivity index (χ2n) is 7.59. The first-order chi connectivity index (χ1) is 16.3. The van der Waals surface area contributed by atoms with Crippen LogP contribution in [0.3, 0.4) is 0 Å². The Bertz CT molecular complexity index is 1230. The summed E-state index contributed by atoms with van der Waals surface area (Å²) in [5, 5.41) is 1.65. The minimum Gasteiger partial charge on any atom is -0.487 e. The summed E-state index contributed by atoms with van der Waals surface area (Å²) < 4.78 is 56.8. The van der Waals surface area contributed by atoms with E-state index in [-0.39, 0.29) is 34.8 Å². The van der Waals surface area contributed by atoms with Crippen molar-refractivity contribution in [3.05, 3.63) is 82.5 Å². The molecule has 3 aromatic carbocycles. The Morgan fingerprint density at radius 2 is 1.62 bits per heavy atom. The molecule has 1 atom stereocenters. The zero-order chi connectivity index (χ0) is 23.9. The van der Waals surface area contributed by atoms with E-state index in [0.717, 1.165) is 17.2 Å². The summed E-state index contributed by atoms with van der Waals surface area (Å²) in [6.07, 6.45) is -3.44. The van der Waals surface area contributed by atoms with Gasteiger partial charge >= 0.3 is 6.18 Å². The zero-order valence-electron chi connectivity index (χ0n) is 17.4. The molecule has 2 aliphatic rings. The van der Waals surface area contributed by atoms with Crippen molar-refractivity contribution in [1.82, 2.24) is 5.43 Å². The number of para-hydroxylation sites is 1. The average molecular weight is 509 g/mol. The third kappa shape index (κ3) is 4.49. The summed E-state index contributed by atoms with van der Waals surface area (Å²) in [7, 11) is 0. The van der Waals surface area contributed by atoms with Crippen LogP contribution < -0.4 is 24.6 Å². The number of alkyl halides is 3. The Kier molecular flexibility index (Phi) is 5.97. The third-order valence-electron chi connectivity index (χ3n) is 5.38. The van der Waals surface area contributed by atoms with Crippen molar-refractivity contribution in [2.24, 2.45) is 0 Å². The Labute approximate surface area is 203 Å². The van der Waals surface area contributed by atoms with E-state index in [4.69, 9.17) is 37.4 Å². The van der Waals surface area contributed by atoms with Gasteiger partial charge in [0.1, 0.15) is 18.4 Å². The van der Waals surface area contributed by atoms with Gasteiger partial charge in [-0.25, -0.2) is 5.43 Å². The molecule has 34 heavy (non-hydrogen) atoms. The molecule has 5 rings (SSSR count). The van der Waals surface area contributed by atoms with Crippen LogP contribution in [0.25, 0.3) is 11.1 Å². The van der Waals surface area contributed by atoms with E-state index < -0.39 is 12.2 Å². The van der Waals surface area contributed by atoms with Gasteiger partial charge in [0, 0.05) is 0 Å². The lowest BCUT2D eigenvalue weighted by Gasteiger charge is -2.26. The van der Waals surface area contributed by atoms with Crippen LogP contribution in [-0.2, 0) is 0 Å². The van der Waals surface area contributed by atoms with Gasteiger partial charge in [-0.2, -0.15) is 13.2 Å². The molecule has 0 aliphatic carbocycles.